The Kier molecular flexibility index (Phi) is 7.20. The van der Waals surface area contributed by atoms with Crippen molar-refractivity contribution in [2.45, 2.75) is 20.0 Å². The maximum atomic E-state index is 13.9. The van der Waals surface area contributed by atoms with E-state index in [1.807, 2.05) is 0 Å². The monoisotopic (exact) mass is 532 g/mol. The molecule has 0 spiro atoms. The van der Waals surface area contributed by atoms with Crippen LogP contribution in [0.5, 0.6) is 0 Å². The fourth-order valence-electron chi connectivity index (χ4n) is 2.21. The van der Waals surface area contributed by atoms with Crippen LogP contribution in [0.25, 0.3) is 5.69 Å². The van der Waals surface area contributed by atoms with Crippen LogP contribution in [0.15, 0.2) is 22.1 Å². The van der Waals surface area contributed by atoms with Gasteiger partial charge in [0.05, 0.1) is 31.2 Å². The van der Waals surface area contributed by atoms with Crippen molar-refractivity contribution in [1.82, 2.24) is 4.57 Å². The molecule has 1 aromatic carbocycles. The third-order valence-corrected chi connectivity index (χ3v) is 7.16. The molecule has 0 fully saturated rings. The molecular weight excluding hydrogens is 530 g/mol. The molecule has 0 aliphatic rings. The van der Waals surface area contributed by atoms with Gasteiger partial charge in [0.2, 0.25) is 0 Å². The van der Waals surface area contributed by atoms with Gasteiger partial charge in [0.1, 0.15) is 27.6 Å². The van der Waals surface area contributed by atoms with Crippen molar-refractivity contribution >= 4 is 80.6 Å². The van der Waals surface area contributed by atoms with Gasteiger partial charge in [-0.2, -0.15) is 22.8 Å². The van der Waals surface area contributed by atoms with Gasteiger partial charge in [-0.25, -0.2) is 4.21 Å². The third-order valence-electron chi connectivity index (χ3n) is 3.30. The molecule has 2 rings (SSSR count). The number of halogens is 9. The predicted molar refractivity (Wildman–Crippen MR) is 104 cm³/mol. The summed E-state index contributed by atoms with van der Waals surface area (Å²) in [4.78, 5) is -0.445. The Balaban J connectivity index is 2.91. The number of benzene rings is 1. The van der Waals surface area contributed by atoms with Crippen molar-refractivity contribution < 1.29 is 21.8 Å². The van der Waals surface area contributed by atoms with Gasteiger partial charge < -0.3 is 0 Å². The summed E-state index contributed by atoms with van der Waals surface area (Å²) in [6, 6.07) is 2.86. The minimum atomic E-state index is -4.72. The molecule has 0 saturated carbocycles. The molecule has 14 heteroatoms. The van der Waals surface area contributed by atoms with E-state index in [-0.39, 0.29) is 10.7 Å². The van der Waals surface area contributed by atoms with Gasteiger partial charge >= 0.3 is 10.1 Å². The van der Waals surface area contributed by atoms with Crippen molar-refractivity contribution in [2.75, 3.05) is 6.26 Å². The van der Waals surface area contributed by atoms with E-state index in [0.29, 0.717) is 12.1 Å². The zero-order valence-electron chi connectivity index (χ0n) is 13.2. The van der Waals surface area contributed by atoms with Gasteiger partial charge in [0.15, 0.2) is 0 Å². The first kappa shape index (κ1) is 23.9. The van der Waals surface area contributed by atoms with E-state index >= 15 is 0 Å². The lowest BCUT2D eigenvalue weighted by Gasteiger charge is -2.16. The SMILES string of the molecule is CSc1c(S(=O)C(F)(Cl)Cl)c(C#N)c(Cl)n1-c1c(Cl)cc(C(F)(F)F)cc1Cl. The topological polar surface area (TPSA) is 45.8 Å². The third kappa shape index (κ3) is 4.38. The van der Waals surface area contributed by atoms with Crippen LogP contribution in [0.3, 0.4) is 0 Å². The molecule has 0 aliphatic heterocycles. The molecule has 1 heterocycles. The van der Waals surface area contributed by atoms with Gasteiger partial charge in [-0.05, 0) is 18.4 Å². The van der Waals surface area contributed by atoms with E-state index in [2.05, 4.69) is 0 Å². The Morgan fingerprint density at radius 3 is 2.00 bits per heavy atom. The highest BCUT2D eigenvalue weighted by molar-refractivity contribution is 7.99. The predicted octanol–water partition coefficient (Wildman–Crippen LogP) is 7.22. The fourth-order valence-corrected chi connectivity index (χ4v) is 5.68. The lowest BCUT2D eigenvalue weighted by Crippen LogP contribution is -2.15. The maximum Gasteiger partial charge on any atom is 0.416 e. The minimum absolute atomic E-state index is 0.0910. The molecule has 152 valence electrons. The van der Waals surface area contributed by atoms with Gasteiger partial charge in [-0.15, -0.1) is 11.8 Å². The maximum absolute atomic E-state index is 13.9. The van der Waals surface area contributed by atoms with Crippen LogP contribution in [0.4, 0.5) is 17.6 Å². The summed E-state index contributed by atoms with van der Waals surface area (Å²) < 4.78 is 62.9. The largest absolute Gasteiger partial charge is 0.416 e. The first-order chi connectivity index (χ1) is 12.8. The van der Waals surface area contributed by atoms with Crippen LogP contribution in [-0.4, -0.2) is 19.0 Å². The van der Waals surface area contributed by atoms with Crippen molar-refractivity contribution in [3.05, 3.63) is 38.5 Å². The van der Waals surface area contributed by atoms with Crippen molar-refractivity contribution in [2.24, 2.45) is 0 Å². The zero-order chi connectivity index (χ0) is 21.6. The van der Waals surface area contributed by atoms with E-state index < -0.39 is 52.1 Å². The second-order valence-electron chi connectivity index (χ2n) is 4.95. The molecular formula is C14H5Cl5F4N2OS2. The quantitative estimate of drug-likeness (QED) is 0.236. The van der Waals surface area contributed by atoms with Gasteiger partial charge in [-0.1, -0.05) is 58.0 Å². The highest BCUT2D eigenvalue weighted by atomic mass is 35.5. The molecule has 0 N–H and O–H groups in total. The van der Waals surface area contributed by atoms with Gasteiger partial charge in [0.25, 0.3) is 0 Å². The highest BCUT2D eigenvalue weighted by Crippen LogP contribution is 2.46. The number of aromatic nitrogens is 1. The Labute approximate surface area is 187 Å². The summed E-state index contributed by atoms with van der Waals surface area (Å²) in [5.74, 6) is 0. The summed E-state index contributed by atoms with van der Waals surface area (Å²) in [7, 11) is -2.77. The fraction of sp³-hybridized carbons (Fsp3) is 0.214. The molecule has 2 aromatic rings. The normalized spacial score (nSPS) is 13.5. The Morgan fingerprint density at radius 2 is 1.64 bits per heavy atom. The molecule has 1 aromatic heterocycles. The van der Waals surface area contributed by atoms with E-state index in [0.717, 1.165) is 16.3 Å². The minimum Gasteiger partial charge on any atom is -0.290 e. The Morgan fingerprint density at radius 1 is 1.14 bits per heavy atom. The molecule has 0 aliphatic carbocycles. The smallest absolute Gasteiger partial charge is 0.290 e. The van der Waals surface area contributed by atoms with Crippen molar-refractivity contribution in [3.8, 4) is 11.8 Å². The second-order valence-corrected chi connectivity index (χ2v) is 10.1. The number of nitrogens with zero attached hydrogens (tertiary/aromatic N) is 2. The van der Waals surface area contributed by atoms with Crippen LogP contribution in [-0.2, 0) is 17.0 Å². The lowest BCUT2D eigenvalue weighted by atomic mass is 10.2. The second kappa shape index (κ2) is 8.42. The van der Waals surface area contributed by atoms with E-state index in [9.17, 15) is 27.0 Å². The summed E-state index contributed by atoms with van der Waals surface area (Å²) in [5, 5.41) is 7.95. The molecule has 3 nitrogen and oxygen atoms in total. The number of nitriles is 1. The Bertz CT molecular complexity index is 988. The summed E-state index contributed by atoms with van der Waals surface area (Å²) in [5.41, 5.74) is -1.78. The highest BCUT2D eigenvalue weighted by Gasteiger charge is 2.40. The van der Waals surface area contributed by atoms with Crippen LogP contribution < -0.4 is 0 Å². The summed E-state index contributed by atoms with van der Waals surface area (Å²) in [6.07, 6.45) is -3.26. The average molecular weight is 535 g/mol. The summed E-state index contributed by atoms with van der Waals surface area (Å²) in [6.45, 7) is 0. The first-order valence-electron chi connectivity index (χ1n) is 6.69. The van der Waals surface area contributed by atoms with Gasteiger partial charge in [-0.3, -0.25) is 4.57 Å². The molecule has 0 saturated heterocycles. The average Bonchev–Trinajstić information content (AvgIpc) is 2.83. The van der Waals surface area contributed by atoms with Gasteiger partial charge in [0, 0.05) is 0 Å². The zero-order valence-corrected chi connectivity index (χ0v) is 18.6. The number of rotatable bonds is 4. The number of hydrogen-bond donors (Lipinski definition) is 0. The number of thioether (sulfide) groups is 1. The lowest BCUT2D eigenvalue weighted by molar-refractivity contribution is -0.137. The van der Waals surface area contributed by atoms with Crippen LogP contribution in [0, 0.1) is 11.3 Å². The van der Waals surface area contributed by atoms with Crippen molar-refractivity contribution in [1.29, 1.82) is 5.26 Å². The Hall–Kier alpha value is -0.340. The van der Waals surface area contributed by atoms with Crippen LogP contribution >= 0.6 is 69.8 Å². The summed E-state index contributed by atoms with van der Waals surface area (Å²) >= 11 is 29.5. The molecule has 28 heavy (non-hydrogen) atoms. The molecule has 0 radical (unpaired) electrons. The number of alkyl halides is 6. The van der Waals surface area contributed by atoms with Crippen LogP contribution in [0.1, 0.15) is 11.1 Å². The van der Waals surface area contributed by atoms with E-state index in [1.165, 1.54) is 6.26 Å². The van der Waals surface area contributed by atoms with E-state index in [4.69, 9.17) is 58.0 Å². The first-order valence-corrected chi connectivity index (χ1v) is 11.0. The standard InChI is InChI=1S/C14H5Cl5F4N2OS2/c1-27-12-10(28(26)14(18,19)23)6(4-24)11(17)25(12)9-7(15)2-5(3-8(9)16)13(20,21)22/h2-3H,1H3. The molecule has 0 amide bonds. The van der Waals surface area contributed by atoms with E-state index in [1.54, 1.807) is 6.07 Å². The molecule has 1 atom stereocenters. The number of hydrogen-bond acceptors (Lipinski definition) is 3. The van der Waals surface area contributed by atoms with Crippen molar-refractivity contribution in [3.63, 3.8) is 0 Å². The molecule has 0 bridgehead atoms. The molecule has 1 unspecified atom stereocenters. The van der Waals surface area contributed by atoms with Crippen LogP contribution in [0.2, 0.25) is 15.2 Å².